The fraction of sp³-hybridized carbons (Fsp3) is 0.923. The van der Waals surface area contributed by atoms with Crippen LogP contribution in [0.3, 0.4) is 0 Å². The fourth-order valence-electron chi connectivity index (χ4n) is 3.10. The lowest BCUT2D eigenvalue weighted by Gasteiger charge is -2.38. The zero-order valence-corrected chi connectivity index (χ0v) is 10.6. The Balaban J connectivity index is 2.03. The van der Waals surface area contributed by atoms with Crippen molar-refractivity contribution in [2.45, 2.75) is 71.1 Å². The molecule has 2 heterocycles. The van der Waals surface area contributed by atoms with Crippen LogP contribution in [0.1, 0.15) is 52.9 Å². The van der Waals surface area contributed by atoms with E-state index in [1.54, 1.807) is 0 Å². The molecule has 0 aromatic carbocycles. The van der Waals surface area contributed by atoms with Crippen molar-refractivity contribution in [2.75, 3.05) is 0 Å². The van der Waals surface area contributed by atoms with E-state index in [9.17, 15) is 9.90 Å². The van der Waals surface area contributed by atoms with E-state index in [-0.39, 0.29) is 17.4 Å². The molecule has 1 amide bonds. The second-order valence-corrected chi connectivity index (χ2v) is 6.55. The quantitative estimate of drug-likeness (QED) is 0.741. The first-order valence-corrected chi connectivity index (χ1v) is 6.36. The second-order valence-electron chi connectivity index (χ2n) is 6.55. The van der Waals surface area contributed by atoms with E-state index in [0.717, 1.165) is 25.7 Å². The second kappa shape index (κ2) is 4.02. The van der Waals surface area contributed by atoms with Gasteiger partial charge >= 0.3 is 0 Å². The van der Waals surface area contributed by atoms with Crippen molar-refractivity contribution in [3.8, 4) is 0 Å². The molecule has 3 heteroatoms. The normalized spacial score (nSPS) is 34.2. The molecule has 2 aliphatic rings. The molecule has 1 N–H and O–H groups in total. The van der Waals surface area contributed by atoms with Crippen LogP contribution in [0.4, 0.5) is 0 Å². The summed E-state index contributed by atoms with van der Waals surface area (Å²) in [4.78, 5) is 14.3. The van der Waals surface area contributed by atoms with Crippen LogP contribution in [0.25, 0.3) is 0 Å². The van der Waals surface area contributed by atoms with Gasteiger partial charge in [0.15, 0.2) is 0 Å². The van der Waals surface area contributed by atoms with Crippen molar-refractivity contribution < 1.29 is 9.90 Å². The summed E-state index contributed by atoms with van der Waals surface area (Å²) in [5, 5.41) is 9.68. The van der Waals surface area contributed by atoms with Gasteiger partial charge in [-0.1, -0.05) is 20.8 Å². The molecule has 2 aliphatic heterocycles. The molecule has 0 aromatic heterocycles. The molecule has 2 bridgehead atoms. The van der Waals surface area contributed by atoms with Gasteiger partial charge in [-0.2, -0.15) is 0 Å². The molecule has 2 unspecified atom stereocenters. The molecule has 92 valence electrons. The van der Waals surface area contributed by atoms with Gasteiger partial charge in [0.05, 0.1) is 6.10 Å². The number of carbonyl (C=O) groups excluding carboxylic acids is 1. The summed E-state index contributed by atoms with van der Waals surface area (Å²) in [6, 6.07) is 0.618. The number of nitrogens with zero attached hydrogens (tertiary/aromatic N) is 1. The zero-order chi connectivity index (χ0) is 11.9. The third-order valence-electron chi connectivity index (χ3n) is 3.68. The number of fused-ring (bicyclic) bond motifs is 2. The van der Waals surface area contributed by atoms with Crippen molar-refractivity contribution in [3.63, 3.8) is 0 Å². The predicted octanol–water partition coefficient (Wildman–Crippen LogP) is 1.94. The maximum atomic E-state index is 12.2. The van der Waals surface area contributed by atoms with E-state index >= 15 is 0 Å². The highest BCUT2D eigenvalue weighted by atomic mass is 16.3. The molecule has 0 radical (unpaired) electrons. The number of aliphatic hydroxyl groups is 1. The van der Waals surface area contributed by atoms with E-state index in [1.807, 2.05) is 0 Å². The number of rotatable bonds is 1. The van der Waals surface area contributed by atoms with Gasteiger partial charge in [0, 0.05) is 18.5 Å². The topological polar surface area (TPSA) is 40.5 Å². The van der Waals surface area contributed by atoms with Gasteiger partial charge in [-0.3, -0.25) is 4.79 Å². The largest absolute Gasteiger partial charge is 0.393 e. The smallest absolute Gasteiger partial charge is 0.223 e. The third-order valence-corrected chi connectivity index (χ3v) is 3.68. The van der Waals surface area contributed by atoms with Crippen LogP contribution in [0.2, 0.25) is 0 Å². The van der Waals surface area contributed by atoms with Gasteiger partial charge in [-0.05, 0) is 31.1 Å². The highest BCUT2D eigenvalue weighted by Crippen LogP contribution is 2.37. The van der Waals surface area contributed by atoms with Crippen molar-refractivity contribution >= 4 is 5.91 Å². The minimum Gasteiger partial charge on any atom is -0.393 e. The summed E-state index contributed by atoms with van der Waals surface area (Å²) >= 11 is 0. The minimum absolute atomic E-state index is 0.0621. The Labute approximate surface area is 97.8 Å². The summed E-state index contributed by atoms with van der Waals surface area (Å²) in [6.07, 6.45) is 4.17. The van der Waals surface area contributed by atoms with Crippen LogP contribution in [0.15, 0.2) is 0 Å². The van der Waals surface area contributed by atoms with Gasteiger partial charge in [-0.15, -0.1) is 0 Å². The molecule has 2 saturated heterocycles. The van der Waals surface area contributed by atoms with Crippen LogP contribution in [0, 0.1) is 5.41 Å². The lowest BCUT2D eigenvalue weighted by atomic mass is 9.90. The summed E-state index contributed by atoms with van der Waals surface area (Å²) in [5.74, 6) is 0.284. The van der Waals surface area contributed by atoms with E-state index in [4.69, 9.17) is 0 Å². The molecule has 2 atom stereocenters. The molecular formula is C13H23NO2. The summed E-state index contributed by atoms with van der Waals surface area (Å²) in [5.41, 5.74) is 0.0621. The predicted molar refractivity (Wildman–Crippen MR) is 63.0 cm³/mol. The van der Waals surface area contributed by atoms with Crippen LogP contribution in [0.5, 0.6) is 0 Å². The van der Waals surface area contributed by atoms with Crippen LogP contribution in [-0.4, -0.2) is 34.1 Å². The summed E-state index contributed by atoms with van der Waals surface area (Å²) in [6.45, 7) is 6.31. The molecule has 0 saturated carbocycles. The zero-order valence-electron chi connectivity index (χ0n) is 10.6. The van der Waals surface area contributed by atoms with Crippen LogP contribution < -0.4 is 0 Å². The average Bonchev–Trinajstić information content (AvgIpc) is 2.36. The lowest BCUT2D eigenvalue weighted by molar-refractivity contribution is -0.139. The number of hydrogen-bond acceptors (Lipinski definition) is 2. The number of piperidine rings is 1. The van der Waals surface area contributed by atoms with Crippen LogP contribution in [-0.2, 0) is 4.79 Å². The van der Waals surface area contributed by atoms with Crippen molar-refractivity contribution in [1.29, 1.82) is 0 Å². The van der Waals surface area contributed by atoms with E-state index in [1.165, 1.54) is 0 Å². The Hall–Kier alpha value is -0.570. The SMILES string of the molecule is CC(C)(C)CC(=O)N1C2CCC1CC(O)C2. The Morgan fingerprint density at radius 3 is 2.19 bits per heavy atom. The first-order valence-electron chi connectivity index (χ1n) is 6.36. The first-order chi connectivity index (χ1) is 7.37. The highest BCUT2D eigenvalue weighted by molar-refractivity contribution is 5.78. The highest BCUT2D eigenvalue weighted by Gasteiger charge is 2.43. The molecule has 2 fully saturated rings. The Kier molecular flexibility index (Phi) is 2.99. The molecule has 16 heavy (non-hydrogen) atoms. The van der Waals surface area contributed by atoms with Gasteiger partial charge in [0.1, 0.15) is 0 Å². The van der Waals surface area contributed by atoms with E-state index in [2.05, 4.69) is 25.7 Å². The molecule has 0 aliphatic carbocycles. The monoisotopic (exact) mass is 225 g/mol. The number of aliphatic hydroxyl groups excluding tert-OH is 1. The maximum absolute atomic E-state index is 12.2. The van der Waals surface area contributed by atoms with Gasteiger partial charge in [-0.25, -0.2) is 0 Å². The molecule has 3 nitrogen and oxygen atoms in total. The lowest BCUT2D eigenvalue weighted by Crippen LogP contribution is -2.48. The Morgan fingerprint density at radius 2 is 1.75 bits per heavy atom. The average molecular weight is 225 g/mol. The van der Waals surface area contributed by atoms with Crippen molar-refractivity contribution in [1.82, 2.24) is 4.90 Å². The number of hydrogen-bond donors (Lipinski definition) is 1. The summed E-state index contributed by atoms with van der Waals surface area (Å²) < 4.78 is 0. The van der Waals surface area contributed by atoms with Gasteiger partial charge < -0.3 is 10.0 Å². The van der Waals surface area contributed by atoms with E-state index < -0.39 is 0 Å². The molecule has 2 rings (SSSR count). The standard InChI is InChI=1S/C13H23NO2/c1-13(2,3)8-12(16)14-9-4-5-10(14)7-11(15)6-9/h9-11,15H,4-8H2,1-3H3. The van der Waals surface area contributed by atoms with Gasteiger partial charge in [0.2, 0.25) is 5.91 Å². The Morgan fingerprint density at radius 1 is 1.25 bits per heavy atom. The van der Waals surface area contributed by atoms with Crippen molar-refractivity contribution in [2.24, 2.45) is 5.41 Å². The molecule has 0 aromatic rings. The third kappa shape index (κ3) is 2.40. The Bertz CT molecular complexity index is 268. The fourth-order valence-corrected chi connectivity index (χ4v) is 3.10. The molecule has 0 spiro atoms. The minimum atomic E-state index is -0.184. The maximum Gasteiger partial charge on any atom is 0.223 e. The first kappa shape index (κ1) is 11.9. The van der Waals surface area contributed by atoms with Gasteiger partial charge in [0.25, 0.3) is 0 Å². The summed E-state index contributed by atoms with van der Waals surface area (Å²) in [7, 11) is 0. The van der Waals surface area contributed by atoms with Crippen molar-refractivity contribution in [3.05, 3.63) is 0 Å². The van der Waals surface area contributed by atoms with Crippen LogP contribution >= 0.6 is 0 Å². The van der Waals surface area contributed by atoms with E-state index in [0.29, 0.717) is 18.5 Å². The molecular weight excluding hydrogens is 202 g/mol. The number of carbonyl (C=O) groups is 1. The number of amides is 1.